The maximum absolute atomic E-state index is 2.67. The quantitative estimate of drug-likeness (QED) is 0.480. The van der Waals surface area contributed by atoms with Crippen LogP contribution in [0.1, 0.15) is 12.8 Å². The molecule has 0 aromatic heterocycles. The maximum atomic E-state index is 2.67. The van der Waals surface area contributed by atoms with Gasteiger partial charge in [-0.25, -0.2) is 0 Å². The van der Waals surface area contributed by atoms with Crippen LogP contribution in [0.5, 0.6) is 0 Å². The molecule has 1 rings (SSSR count). The molecule has 2 heteroatoms. The molecule has 0 aliphatic carbocycles. The number of hydrogen-bond acceptors (Lipinski definition) is 1. The molecule has 1 fully saturated rings. The Morgan fingerprint density at radius 3 is 1.88 bits per heavy atom. The van der Waals surface area contributed by atoms with Gasteiger partial charge in [-0.15, -0.1) is 0 Å². The van der Waals surface area contributed by atoms with E-state index in [4.69, 9.17) is 0 Å². The van der Waals surface area contributed by atoms with Crippen LogP contribution in [-0.2, 0) is 0 Å². The minimum atomic E-state index is -0.390. The zero-order chi connectivity index (χ0) is 5.98. The number of hydrogen-bond donors (Lipinski definition) is 0. The summed E-state index contributed by atoms with van der Waals surface area (Å²) in [6, 6.07) is 0. The second-order valence-electron chi connectivity index (χ2n) is 2.84. The normalized spacial score (nSPS) is 21.8. The Morgan fingerprint density at radius 1 is 1.12 bits per heavy atom. The first-order chi connectivity index (χ1) is 3.80. The van der Waals surface area contributed by atoms with Gasteiger partial charge in [0.15, 0.2) is 0 Å². The molecule has 0 N–H and O–H groups in total. The molecule has 0 saturated carbocycles. The zero-order valence-corrected chi connectivity index (χ0v) is 7.01. The van der Waals surface area contributed by atoms with E-state index in [0.717, 1.165) is 0 Å². The Morgan fingerprint density at radius 2 is 1.62 bits per heavy atom. The number of nitrogens with zero attached hydrogens (tertiary/aromatic N) is 1. The van der Waals surface area contributed by atoms with E-state index in [1.165, 1.54) is 25.9 Å². The molecule has 0 amide bonds. The van der Waals surface area contributed by atoms with Gasteiger partial charge in [0.05, 0.1) is 0 Å². The molecule has 0 bridgehead atoms. The lowest BCUT2D eigenvalue weighted by molar-refractivity contribution is 0.540. The van der Waals surface area contributed by atoms with E-state index in [1.807, 2.05) is 0 Å². The molecule has 1 aliphatic heterocycles. The lowest BCUT2D eigenvalue weighted by Crippen LogP contribution is -2.30. The first kappa shape index (κ1) is 6.61. The molecule has 0 spiro atoms. The number of rotatable bonds is 1. The Hall–Kier alpha value is 0.492. The predicted molar refractivity (Wildman–Crippen MR) is 38.3 cm³/mol. The highest BCUT2D eigenvalue weighted by atomic mass is 27.2. The lowest BCUT2D eigenvalue weighted by Gasteiger charge is -2.14. The summed E-state index contributed by atoms with van der Waals surface area (Å²) in [5.41, 5.74) is 0. The Kier molecular flexibility index (Phi) is 2.37. The van der Waals surface area contributed by atoms with Crippen LogP contribution in [0.3, 0.4) is 0 Å². The van der Waals surface area contributed by atoms with E-state index in [9.17, 15) is 0 Å². The third-order valence-corrected chi connectivity index (χ3v) is 3.85. The van der Waals surface area contributed by atoms with E-state index in [2.05, 4.69) is 15.5 Å². The molecule has 1 saturated heterocycles. The summed E-state index contributed by atoms with van der Waals surface area (Å²) >= 11 is -0.390. The highest BCUT2D eigenvalue weighted by Crippen LogP contribution is 2.08. The summed E-state index contributed by atoms with van der Waals surface area (Å²) in [5, 5.41) is 0. The largest absolute Gasteiger partial charge is 0.385 e. The van der Waals surface area contributed by atoms with Gasteiger partial charge in [0, 0.05) is 0 Å². The molecule has 1 nitrogen and oxygen atoms in total. The van der Waals surface area contributed by atoms with Crippen LogP contribution in [0.25, 0.3) is 0 Å². The molecule has 0 aromatic carbocycles. The van der Waals surface area contributed by atoms with Crippen molar-refractivity contribution in [3.8, 4) is 0 Å². The zero-order valence-electron chi connectivity index (χ0n) is 5.85. The van der Waals surface area contributed by atoms with E-state index in [0.29, 0.717) is 0 Å². The van der Waals surface area contributed by atoms with Crippen LogP contribution in [0.15, 0.2) is 0 Å². The van der Waals surface area contributed by atoms with Crippen molar-refractivity contribution in [1.29, 1.82) is 0 Å². The van der Waals surface area contributed by atoms with Gasteiger partial charge < -0.3 is 3.88 Å². The average molecular weight is 127 g/mol. The van der Waals surface area contributed by atoms with Gasteiger partial charge in [-0.3, -0.25) is 0 Å². The van der Waals surface area contributed by atoms with Crippen molar-refractivity contribution >= 4 is 14.4 Å². The Balaban J connectivity index is 2.24. The van der Waals surface area contributed by atoms with Crippen molar-refractivity contribution in [3.05, 3.63) is 0 Å². The monoisotopic (exact) mass is 127 g/mol. The van der Waals surface area contributed by atoms with Crippen molar-refractivity contribution in [2.45, 2.75) is 24.4 Å². The molecule has 0 atom stereocenters. The Bertz CT molecular complexity index is 66.9. The van der Waals surface area contributed by atoms with E-state index in [-0.39, 0.29) is 14.4 Å². The SMILES string of the molecule is [CH3][Al]([CH3])[N]1CCCC1. The standard InChI is InChI=1S/C4H8N.2CH3.Al/c1-2-4-5-3-1;;;/h1-4H2;2*1H3;/q-1;;;+1. The highest BCUT2D eigenvalue weighted by molar-refractivity contribution is 6.52. The summed E-state index contributed by atoms with van der Waals surface area (Å²) in [6.45, 7) is 2.79. The molecule has 46 valence electrons. The van der Waals surface area contributed by atoms with Crippen molar-refractivity contribution in [2.75, 3.05) is 13.1 Å². The van der Waals surface area contributed by atoms with E-state index in [1.54, 1.807) is 0 Å². The fourth-order valence-electron chi connectivity index (χ4n) is 1.26. The van der Waals surface area contributed by atoms with Crippen LogP contribution in [-0.4, -0.2) is 31.3 Å². The third kappa shape index (κ3) is 1.48. The summed E-state index contributed by atoms with van der Waals surface area (Å²) < 4.78 is 2.67. The first-order valence-corrected chi connectivity index (χ1v) is 6.37. The van der Waals surface area contributed by atoms with Crippen molar-refractivity contribution in [1.82, 2.24) is 3.88 Å². The Labute approximate surface area is 56.3 Å². The van der Waals surface area contributed by atoms with Gasteiger partial charge in [0.1, 0.15) is 0 Å². The summed E-state index contributed by atoms with van der Waals surface area (Å²) in [6.07, 6.45) is 2.90. The van der Waals surface area contributed by atoms with Gasteiger partial charge in [-0.2, -0.15) is 0 Å². The maximum Gasteiger partial charge on any atom is 0.365 e. The van der Waals surface area contributed by atoms with Crippen LogP contribution in [0.4, 0.5) is 0 Å². The van der Waals surface area contributed by atoms with Gasteiger partial charge in [-0.1, -0.05) is 11.6 Å². The van der Waals surface area contributed by atoms with Crippen molar-refractivity contribution in [3.63, 3.8) is 0 Å². The lowest BCUT2D eigenvalue weighted by atomic mass is 10.4. The minimum Gasteiger partial charge on any atom is -0.385 e. The second kappa shape index (κ2) is 2.87. The van der Waals surface area contributed by atoms with Crippen LogP contribution in [0.2, 0.25) is 11.6 Å². The van der Waals surface area contributed by atoms with Gasteiger partial charge in [-0.05, 0) is 25.9 Å². The minimum absolute atomic E-state index is 0.390. The van der Waals surface area contributed by atoms with Crippen LogP contribution >= 0.6 is 0 Å². The molecule has 1 aliphatic rings. The van der Waals surface area contributed by atoms with E-state index < -0.39 is 0 Å². The predicted octanol–water partition coefficient (Wildman–Crippen LogP) is 1.33. The highest BCUT2D eigenvalue weighted by Gasteiger charge is 2.17. The fourth-order valence-corrected chi connectivity index (χ4v) is 2.66. The van der Waals surface area contributed by atoms with Crippen molar-refractivity contribution in [2.24, 2.45) is 0 Å². The second-order valence-corrected chi connectivity index (χ2v) is 5.75. The topological polar surface area (TPSA) is 3.24 Å². The third-order valence-electron chi connectivity index (χ3n) is 1.87. The summed E-state index contributed by atoms with van der Waals surface area (Å²) in [7, 11) is 0. The molecule has 0 aromatic rings. The molecule has 0 unspecified atom stereocenters. The van der Waals surface area contributed by atoms with Gasteiger partial charge in [0.2, 0.25) is 0 Å². The summed E-state index contributed by atoms with van der Waals surface area (Å²) in [5.74, 6) is 4.82. The fraction of sp³-hybridized carbons (Fsp3) is 1.00. The summed E-state index contributed by atoms with van der Waals surface area (Å²) in [4.78, 5) is 0. The smallest absolute Gasteiger partial charge is 0.365 e. The molecular formula is C6H14AlN. The molecule has 8 heavy (non-hydrogen) atoms. The molecule has 0 radical (unpaired) electrons. The van der Waals surface area contributed by atoms with Crippen molar-refractivity contribution < 1.29 is 0 Å². The first-order valence-electron chi connectivity index (χ1n) is 3.55. The average Bonchev–Trinajstić information content (AvgIpc) is 2.12. The van der Waals surface area contributed by atoms with E-state index >= 15 is 0 Å². The van der Waals surface area contributed by atoms with Gasteiger partial charge in [0.25, 0.3) is 0 Å². The van der Waals surface area contributed by atoms with Crippen LogP contribution < -0.4 is 0 Å². The molecular weight excluding hydrogens is 113 g/mol. The molecule has 1 heterocycles. The van der Waals surface area contributed by atoms with Gasteiger partial charge >= 0.3 is 14.4 Å². The van der Waals surface area contributed by atoms with Crippen LogP contribution in [0, 0.1) is 0 Å².